The van der Waals surface area contributed by atoms with Crippen LogP contribution in [0.1, 0.15) is 30.1 Å². The fraction of sp³-hybridized carbons (Fsp3) is 0.467. The molecular formula is C15H19BrN4O. The van der Waals surface area contributed by atoms with Crippen LogP contribution >= 0.6 is 15.9 Å². The minimum atomic E-state index is 0.425. The van der Waals surface area contributed by atoms with Crippen LogP contribution in [0.4, 0.5) is 0 Å². The molecule has 1 heterocycles. The summed E-state index contributed by atoms with van der Waals surface area (Å²) in [6, 6.07) is 6.76. The first kappa shape index (κ1) is 14.5. The molecule has 0 saturated heterocycles. The SMILES string of the molecule is Cc1nnc(COc2ccc(Br)c(CNC3CC3)c2)n1C. The zero-order valence-corrected chi connectivity index (χ0v) is 13.9. The molecule has 0 unspecified atom stereocenters. The molecule has 1 saturated carbocycles. The van der Waals surface area contributed by atoms with Gasteiger partial charge in [-0.3, -0.25) is 0 Å². The first-order valence-corrected chi connectivity index (χ1v) is 7.92. The van der Waals surface area contributed by atoms with Gasteiger partial charge in [-0.1, -0.05) is 15.9 Å². The number of nitrogens with one attached hydrogen (secondary N) is 1. The lowest BCUT2D eigenvalue weighted by Gasteiger charge is -2.10. The monoisotopic (exact) mass is 350 g/mol. The van der Waals surface area contributed by atoms with E-state index in [0.717, 1.165) is 28.4 Å². The van der Waals surface area contributed by atoms with Crippen molar-refractivity contribution in [1.82, 2.24) is 20.1 Å². The van der Waals surface area contributed by atoms with Gasteiger partial charge < -0.3 is 14.6 Å². The lowest BCUT2D eigenvalue weighted by molar-refractivity contribution is 0.290. The summed E-state index contributed by atoms with van der Waals surface area (Å²) in [6.07, 6.45) is 2.58. The number of benzene rings is 1. The molecule has 0 aliphatic heterocycles. The summed E-state index contributed by atoms with van der Waals surface area (Å²) >= 11 is 3.59. The second-order valence-corrected chi connectivity index (χ2v) is 6.27. The van der Waals surface area contributed by atoms with Crippen molar-refractivity contribution in [2.75, 3.05) is 0 Å². The van der Waals surface area contributed by atoms with Crippen LogP contribution in [0.5, 0.6) is 5.75 Å². The molecule has 112 valence electrons. The summed E-state index contributed by atoms with van der Waals surface area (Å²) < 4.78 is 8.88. The first-order valence-electron chi connectivity index (χ1n) is 7.13. The topological polar surface area (TPSA) is 52.0 Å². The van der Waals surface area contributed by atoms with Crippen molar-refractivity contribution in [3.63, 3.8) is 0 Å². The van der Waals surface area contributed by atoms with Gasteiger partial charge in [-0.05, 0) is 43.5 Å². The third kappa shape index (κ3) is 3.63. The van der Waals surface area contributed by atoms with E-state index >= 15 is 0 Å². The van der Waals surface area contributed by atoms with Crippen LogP contribution in [-0.4, -0.2) is 20.8 Å². The molecule has 21 heavy (non-hydrogen) atoms. The van der Waals surface area contributed by atoms with E-state index in [1.165, 1.54) is 18.4 Å². The summed E-state index contributed by atoms with van der Waals surface area (Å²) in [7, 11) is 1.95. The molecule has 1 aliphatic carbocycles. The number of halogens is 1. The van der Waals surface area contributed by atoms with Crippen molar-refractivity contribution in [3.8, 4) is 5.75 Å². The van der Waals surface area contributed by atoms with Crippen LogP contribution in [-0.2, 0) is 20.2 Å². The molecule has 0 spiro atoms. The van der Waals surface area contributed by atoms with Crippen molar-refractivity contribution in [3.05, 3.63) is 39.9 Å². The van der Waals surface area contributed by atoms with E-state index in [0.29, 0.717) is 12.6 Å². The van der Waals surface area contributed by atoms with E-state index in [1.54, 1.807) is 0 Å². The summed E-state index contributed by atoms with van der Waals surface area (Å²) in [5, 5.41) is 11.7. The zero-order valence-electron chi connectivity index (χ0n) is 12.3. The largest absolute Gasteiger partial charge is 0.486 e. The Morgan fingerprint density at radius 3 is 2.86 bits per heavy atom. The predicted octanol–water partition coefficient (Wildman–Crippen LogP) is 2.72. The minimum Gasteiger partial charge on any atom is -0.486 e. The highest BCUT2D eigenvalue weighted by molar-refractivity contribution is 9.10. The van der Waals surface area contributed by atoms with E-state index in [9.17, 15) is 0 Å². The van der Waals surface area contributed by atoms with E-state index in [-0.39, 0.29) is 0 Å². The van der Waals surface area contributed by atoms with Gasteiger partial charge in [0.2, 0.25) is 0 Å². The predicted molar refractivity (Wildman–Crippen MR) is 84.1 cm³/mol. The molecule has 0 amide bonds. The van der Waals surface area contributed by atoms with Gasteiger partial charge in [0.1, 0.15) is 18.2 Å². The summed E-state index contributed by atoms with van der Waals surface area (Å²) in [4.78, 5) is 0. The van der Waals surface area contributed by atoms with Gasteiger partial charge in [0.25, 0.3) is 0 Å². The quantitative estimate of drug-likeness (QED) is 0.870. The van der Waals surface area contributed by atoms with Crippen LogP contribution in [0.25, 0.3) is 0 Å². The Morgan fingerprint density at radius 2 is 2.19 bits per heavy atom. The normalized spacial score (nSPS) is 14.4. The highest BCUT2D eigenvalue weighted by Crippen LogP contribution is 2.25. The van der Waals surface area contributed by atoms with Gasteiger partial charge in [0, 0.05) is 24.1 Å². The average molecular weight is 351 g/mol. The van der Waals surface area contributed by atoms with E-state index in [2.05, 4.69) is 37.5 Å². The third-order valence-corrected chi connectivity index (χ3v) is 4.50. The molecule has 1 aromatic heterocycles. The summed E-state index contributed by atoms with van der Waals surface area (Å²) in [5.74, 6) is 2.57. The number of rotatable bonds is 6. The highest BCUT2D eigenvalue weighted by Gasteiger charge is 2.20. The van der Waals surface area contributed by atoms with Crippen molar-refractivity contribution in [1.29, 1.82) is 0 Å². The van der Waals surface area contributed by atoms with Gasteiger partial charge in [-0.25, -0.2) is 0 Å². The molecular weight excluding hydrogens is 332 g/mol. The maximum atomic E-state index is 5.83. The van der Waals surface area contributed by atoms with Gasteiger partial charge in [-0.15, -0.1) is 10.2 Å². The van der Waals surface area contributed by atoms with E-state index < -0.39 is 0 Å². The van der Waals surface area contributed by atoms with Crippen molar-refractivity contribution in [2.24, 2.45) is 7.05 Å². The number of nitrogens with zero attached hydrogens (tertiary/aromatic N) is 3. The van der Waals surface area contributed by atoms with Gasteiger partial charge in [0.15, 0.2) is 5.82 Å². The maximum Gasteiger partial charge on any atom is 0.170 e. The van der Waals surface area contributed by atoms with Crippen molar-refractivity contribution in [2.45, 2.75) is 39.0 Å². The van der Waals surface area contributed by atoms with Crippen LogP contribution in [0.15, 0.2) is 22.7 Å². The third-order valence-electron chi connectivity index (χ3n) is 3.73. The van der Waals surface area contributed by atoms with E-state index in [4.69, 9.17) is 4.74 Å². The smallest absolute Gasteiger partial charge is 0.170 e. The number of ether oxygens (including phenoxy) is 1. The first-order chi connectivity index (χ1) is 10.1. The molecule has 2 aromatic rings. The molecule has 3 rings (SSSR count). The van der Waals surface area contributed by atoms with Crippen molar-refractivity contribution >= 4 is 15.9 Å². The molecule has 1 N–H and O–H groups in total. The Bertz CT molecular complexity index is 637. The summed E-state index contributed by atoms with van der Waals surface area (Å²) in [5.41, 5.74) is 1.22. The van der Waals surface area contributed by atoms with E-state index in [1.807, 2.05) is 30.7 Å². The second-order valence-electron chi connectivity index (χ2n) is 5.42. The Balaban J connectivity index is 1.64. The molecule has 5 nitrogen and oxygen atoms in total. The minimum absolute atomic E-state index is 0.425. The lowest BCUT2D eigenvalue weighted by atomic mass is 10.2. The van der Waals surface area contributed by atoms with Crippen LogP contribution < -0.4 is 10.1 Å². The Hall–Kier alpha value is -1.40. The Kier molecular flexibility index (Phi) is 4.26. The molecule has 1 aliphatic rings. The highest BCUT2D eigenvalue weighted by atomic mass is 79.9. The zero-order chi connectivity index (χ0) is 14.8. The van der Waals surface area contributed by atoms with Gasteiger partial charge >= 0.3 is 0 Å². The van der Waals surface area contributed by atoms with Crippen LogP contribution in [0.2, 0.25) is 0 Å². The standard InChI is InChI=1S/C15H19BrN4O/c1-10-18-19-15(20(10)2)9-21-13-5-6-14(16)11(7-13)8-17-12-3-4-12/h5-7,12,17H,3-4,8-9H2,1-2H3. The Morgan fingerprint density at radius 1 is 1.38 bits per heavy atom. The fourth-order valence-corrected chi connectivity index (χ4v) is 2.43. The number of hydrogen-bond acceptors (Lipinski definition) is 4. The number of hydrogen-bond donors (Lipinski definition) is 1. The molecule has 6 heteroatoms. The lowest BCUT2D eigenvalue weighted by Crippen LogP contribution is -2.15. The fourth-order valence-electron chi connectivity index (χ4n) is 2.04. The second kappa shape index (κ2) is 6.15. The molecule has 1 fully saturated rings. The molecule has 0 radical (unpaired) electrons. The van der Waals surface area contributed by atoms with Crippen molar-refractivity contribution < 1.29 is 4.74 Å². The number of aromatic nitrogens is 3. The van der Waals surface area contributed by atoms with Gasteiger partial charge in [-0.2, -0.15) is 0 Å². The van der Waals surface area contributed by atoms with Gasteiger partial charge in [0.05, 0.1) is 0 Å². The summed E-state index contributed by atoms with van der Waals surface area (Å²) in [6.45, 7) is 3.22. The molecule has 0 atom stereocenters. The molecule has 0 bridgehead atoms. The molecule has 1 aromatic carbocycles. The maximum absolute atomic E-state index is 5.83. The van der Waals surface area contributed by atoms with Crippen LogP contribution in [0, 0.1) is 6.92 Å². The average Bonchev–Trinajstić information content (AvgIpc) is 3.25. The Labute approximate surface area is 132 Å². The van der Waals surface area contributed by atoms with Crippen LogP contribution in [0.3, 0.4) is 0 Å². The number of aryl methyl sites for hydroxylation is 1.